The van der Waals surface area contributed by atoms with E-state index in [1.54, 1.807) is 23.9 Å². The van der Waals surface area contributed by atoms with Crippen LogP contribution in [0, 0.1) is 16.0 Å². The van der Waals surface area contributed by atoms with E-state index in [9.17, 15) is 10.1 Å². The molecular formula is C10H15N3O2S. The maximum Gasteiger partial charge on any atom is 0.272 e. The number of nitro groups is 1. The molecule has 0 aliphatic carbocycles. The second-order valence-corrected chi connectivity index (χ2v) is 4.92. The molecule has 6 heteroatoms. The molecule has 0 unspecified atom stereocenters. The summed E-state index contributed by atoms with van der Waals surface area (Å²) in [7, 11) is 0. The van der Waals surface area contributed by atoms with E-state index in [4.69, 9.17) is 5.84 Å². The van der Waals surface area contributed by atoms with Crippen molar-refractivity contribution in [1.82, 2.24) is 0 Å². The van der Waals surface area contributed by atoms with Crippen molar-refractivity contribution in [2.24, 2.45) is 11.8 Å². The van der Waals surface area contributed by atoms with Crippen LogP contribution in [0.4, 0.5) is 11.4 Å². The highest BCUT2D eigenvalue weighted by molar-refractivity contribution is 7.99. The molecule has 0 aliphatic heterocycles. The molecule has 0 aromatic heterocycles. The minimum Gasteiger partial charge on any atom is -0.324 e. The van der Waals surface area contributed by atoms with Gasteiger partial charge >= 0.3 is 0 Å². The SMILES string of the molecule is CC(C)CSc1cc(NN)cc([N+](=O)[O-])c1. The fourth-order valence-electron chi connectivity index (χ4n) is 1.12. The molecule has 88 valence electrons. The number of nitrogens with one attached hydrogen (secondary N) is 1. The van der Waals surface area contributed by atoms with E-state index in [0.717, 1.165) is 10.6 Å². The lowest BCUT2D eigenvalue weighted by molar-refractivity contribution is -0.385. The van der Waals surface area contributed by atoms with Gasteiger partial charge in [0.15, 0.2) is 0 Å². The first kappa shape index (κ1) is 12.8. The highest BCUT2D eigenvalue weighted by Crippen LogP contribution is 2.28. The summed E-state index contributed by atoms with van der Waals surface area (Å²) in [4.78, 5) is 11.1. The summed E-state index contributed by atoms with van der Waals surface area (Å²) in [6.45, 7) is 4.21. The third kappa shape index (κ3) is 3.71. The topological polar surface area (TPSA) is 81.2 Å². The van der Waals surface area contributed by atoms with Gasteiger partial charge < -0.3 is 5.43 Å². The van der Waals surface area contributed by atoms with Crippen LogP contribution in [0.15, 0.2) is 23.1 Å². The van der Waals surface area contributed by atoms with Crippen molar-refractivity contribution in [2.45, 2.75) is 18.7 Å². The monoisotopic (exact) mass is 241 g/mol. The van der Waals surface area contributed by atoms with Crippen LogP contribution in [0.2, 0.25) is 0 Å². The highest BCUT2D eigenvalue weighted by atomic mass is 32.2. The zero-order valence-electron chi connectivity index (χ0n) is 9.27. The summed E-state index contributed by atoms with van der Waals surface area (Å²) < 4.78 is 0. The minimum atomic E-state index is -0.416. The summed E-state index contributed by atoms with van der Waals surface area (Å²) in [5.41, 5.74) is 3.05. The van der Waals surface area contributed by atoms with E-state index < -0.39 is 4.92 Å². The fourth-order valence-corrected chi connectivity index (χ4v) is 2.06. The zero-order chi connectivity index (χ0) is 12.1. The predicted octanol–water partition coefficient (Wildman–Crippen LogP) is 2.63. The Labute approximate surface area is 98.5 Å². The number of nitrogen functional groups attached to an aromatic ring is 1. The standard InChI is InChI=1S/C10H15N3O2S/c1-7(2)6-16-10-4-8(12-11)3-9(5-10)13(14)15/h3-5,7,12H,6,11H2,1-2H3. The van der Waals surface area contributed by atoms with Crippen molar-refractivity contribution in [3.8, 4) is 0 Å². The van der Waals surface area contributed by atoms with E-state index in [0.29, 0.717) is 11.6 Å². The molecule has 1 rings (SSSR count). The number of hydrogen-bond acceptors (Lipinski definition) is 5. The van der Waals surface area contributed by atoms with Crippen LogP contribution < -0.4 is 11.3 Å². The van der Waals surface area contributed by atoms with Gasteiger partial charge in [-0.1, -0.05) is 13.8 Å². The number of rotatable bonds is 5. The molecule has 0 aliphatic rings. The lowest BCUT2D eigenvalue weighted by Gasteiger charge is -2.06. The molecule has 0 saturated carbocycles. The lowest BCUT2D eigenvalue weighted by atomic mass is 10.3. The van der Waals surface area contributed by atoms with Crippen LogP contribution in [0.5, 0.6) is 0 Å². The quantitative estimate of drug-likeness (QED) is 0.358. The van der Waals surface area contributed by atoms with Gasteiger partial charge in [-0.05, 0) is 12.0 Å². The van der Waals surface area contributed by atoms with Gasteiger partial charge in [-0.3, -0.25) is 16.0 Å². The Morgan fingerprint density at radius 2 is 2.19 bits per heavy atom. The molecule has 0 radical (unpaired) electrons. The van der Waals surface area contributed by atoms with Gasteiger partial charge in [0.1, 0.15) is 0 Å². The van der Waals surface area contributed by atoms with Gasteiger partial charge in [0.2, 0.25) is 0 Å². The Balaban J connectivity index is 2.90. The lowest BCUT2D eigenvalue weighted by Crippen LogP contribution is -2.07. The summed E-state index contributed by atoms with van der Waals surface area (Å²) in [5, 5.41) is 10.7. The van der Waals surface area contributed by atoms with Gasteiger partial charge in [0.25, 0.3) is 5.69 Å². The number of anilines is 1. The number of thioether (sulfide) groups is 1. The Morgan fingerprint density at radius 1 is 1.50 bits per heavy atom. The third-order valence-electron chi connectivity index (χ3n) is 1.85. The number of benzene rings is 1. The van der Waals surface area contributed by atoms with Gasteiger partial charge in [0.05, 0.1) is 10.6 Å². The normalized spacial score (nSPS) is 10.5. The second-order valence-electron chi connectivity index (χ2n) is 3.82. The summed E-state index contributed by atoms with van der Waals surface area (Å²) in [6.07, 6.45) is 0. The molecule has 0 spiro atoms. The maximum atomic E-state index is 10.7. The Morgan fingerprint density at radius 3 is 2.69 bits per heavy atom. The van der Waals surface area contributed by atoms with E-state index in [1.807, 2.05) is 0 Å². The first-order chi connectivity index (χ1) is 7.52. The van der Waals surface area contributed by atoms with E-state index >= 15 is 0 Å². The number of non-ortho nitro benzene ring substituents is 1. The molecule has 0 amide bonds. The number of nitrogens with zero attached hydrogens (tertiary/aromatic N) is 1. The molecule has 0 atom stereocenters. The highest BCUT2D eigenvalue weighted by Gasteiger charge is 2.10. The smallest absolute Gasteiger partial charge is 0.272 e. The van der Waals surface area contributed by atoms with Crippen molar-refractivity contribution in [2.75, 3.05) is 11.2 Å². The average molecular weight is 241 g/mol. The largest absolute Gasteiger partial charge is 0.324 e. The van der Waals surface area contributed by atoms with Crippen molar-refractivity contribution in [1.29, 1.82) is 0 Å². The molecule has 1 aromatic rings. The molecule has 16 heavy (non-hydrogen) atoms. The van der Waals surface area contributed by atoms with Crippen LogP contribution in [-0.2, 0) is 0 Å². The minimum absolute atomic E-state index is 0.0571. The van der Waals surface area contributed by atoms with Gasteiger partial charge in [-0.15, -0.1) is 11.8 Å². The van der Waals surface area contributed by atoms with Crippen LogP contribution in [0.3, 0.4) is 0 Å². The van der Waals surface area contributed by atoms with Crippen LogP contribution in [-0.4, -0.2) is 10.7 Å². The van der Waals surface area contributed by atoms with Crippen LogP contribution in [0.25, 0.3) is 0 Å². The number of hydrogen-bond donors (Lipinski definition) is 2. The van der Waals surface area contributed by atoms with E-state index in [2.05, 4.69) is 19.3 Å². The second kappa shape index (κ2) is 5.72. The maximum absolute atomic E-state index is 10.7. The van der Waals surface area contributed by atoms with E-state index in [-0.39, 0.29) is 5.69 Å². The third-order valence-corrected chi connectivity index (χ3v) is 3.25. The average Bonchev–Trinajstić information content (AvgIpc) is 2.25. The summed E-state index contributed by atoms with van der Waals surface area (Å²) in [5.74, 6) is 6.72. The first-order valence-corrected chi connectivity index (χ1v) is 5.90. The van der Waals surface area contributed by atoms with Gasteiger partial charge in [-0.2, -0.15) is 0 Å². The Kier molecular flexibility index (Phi) is 4.57. The van der Waals surface area contributed by atoms with Crippen molar-refractivity contribution < 1.29 is 4.92 Å². The van der Waals surface area contributed by atoms with Crippen LogP contribution in [0.1, 0.15) is 13.8 Å². The van der Waals surface area contributed by atoms with Crippen LogP contribution >= 0.6 is 11.8 Å². The first-order valence-electron chi connectivity index (χ1n) is 4.92. The molecule has 3 N–H and O–H groups in total. The number of nitro benzene ring substituents is 1. The zero-order valence-corrected chi connectivity index (χ0v) is 10.1. The molecule has 0 saturated heterocycles. The summed E-state index contributed by atoms with van der Waals surface area (Å²) in [6, 6.07) is 4.79. The molecule has 0 heterocycles. The summed E-state index contributed by atoms with van der Waals surface area (Å²) >= 11 is 1.59. The number of nitrogens with two attached hydrogens (primary N) is 1. The van der Waals surface area contributed by atoms with Crippen molar-refractivity contribution in [3.05, 3.63) is 28.3 Å². The van der Waals surface area contributed by atoms with Crippen molar-refractivity contribution in [3.63, 3.8) is 0 Å². The van der Waals surface area contributed by atoms with Gasteiger partial charge in [-0.25, -0.2) is 0 Å². The Bertz CT molecular complexity index is 382. The Hall–Kier alpha value is -1.27. The molecule has 0 fully saturated rings. The molecule has 0 bridgehead atoms. The molecule has 1 aromatic carbocycles. The number of hydrazine groups is 1. The van der Waals surface area contributed by atoms with Gasteiger partial charge in [0, 0.05) is 22.8 Å². The van der Waals surface area contributed by atoms with E-state index in [1.165, 1.54) is 6.07 Å². The molecular weight excluding hydrogens is 226 g/mol. The molecule has 5 nitrogen and oxygen atoms in total. The fraction of sp³-hybridized carbons (Fsp3) is 0.400. The predicted molar refractivity (Wildman–Crippen MR) is 66.5 cm³/mol. The van der Waals surface area contributed by atoms with Crippen molar-refractivity contribution >= 4 is 23.1 Å².